The third kappa shape index (κ3) is 5.72. The van der Waals surface area contributed by atoms with Gasteiger partial charge in [-0.15, -0.1) is 0 Å². The molecule has 0 atom stereocenters. The summed E-state index contributed by atoms with van der Waals surface area (Å²) in [6.45, 7) is 4.48. The lowest BCUT2D eigenvalue weighted by molar-refractivity contribution is 0.224. The number of benzene rings is 2. The van der Waals surface area contributed by atoms with Gasteiger partial charge in [-0.25, -0.2) is 0 Å². The highest BCUT2D eigenvalue weighted by Gasteiger charge is 2.35. The van der Waals surface area contributed by atoms with Gasteiger partial charge in [0.15, 0.2) is 0 Å². The van der Waals surface area contributed by atoms with Crippen LogP contribution in [0.15, 0.2) is 48.5 Å². The van der Waals surface area contributed by atoms with Crippen molar-refractivity contribution in [2.45, 2.75) is 90.4 Å². The standard InChI is InChI=1S/C28H37N/c1-3-5-7-8-23-9-11-24(12-10-23)25-13-15-26(16-14-25)27-17-20-28(22-29,21-18-27)19-6-4-2/h9-16,27H,3-8,17-21H2,1-2H3. The summed E-state index contributed by atoms with van der Waals surface area (Å²) in [7, 11) is 0. The molecule has 1 aliphatic carbocycles. The van der Waals surface area contributed by atoms with Crippen LogP contribution in [0.1, 0.15) is 95.1 Å². The van der Waals surface area contributed by atoms with Gasteiger partial charge >= 0.3 is 0 Å². The lowest BCUT2D eigenvalue weighted by atomic mass is 9.67. The second kappa shape index (κ2) is 10.6. The Kier molecular flexibility index (Phi) is 7.93. The van der Waals surface area contributed by atoms with Crippen molar-refractivity contribution < 1.29 is 0 Å². The Hall–Kier alpha value is -2.07. The molecule has 2 aromatic carbocycles. The van der Waals surface area contributed by atoms with Gasteiger partial charge in [-0.2, -0.15) is 5.26 Å². The van der Waals surface area contributed by atoms with E-state index in [2.05, 4.69) is 68.4 Å². The van der Waals surface area contributed by atoms with Crippen LogP contribution in [0, 0.1) is 16.7 Å². The summed E-state index contributed by atoms with van der Waals surface area (Å²) >= 11 is 0. The van der Waals surface area contributed by atoms with Crippen LogP contribution >= 0.6 is 0 Å². The fourth-order valence-electron chi connectivity index (χ4n) is 4.83. The number of aryl methyl sites for hydroxylation is 1. The van der Waals surface area contributed by atoms with Crippen LogP contribution in [0.25, 0.3) is 11.1 Å². The van der Waals surface area contributed by atoms with Crippen LogP contribution in [0.3, 0.4) is 0 Å². The summed E-state index contributed by atoms with van der Waals surface area (Å²) < 4.78 is 0. The molecule has 0 saturated heterocycles. The Labute approximate surface area is 178 Å². The molecule has 0 bridgehead atoms. The van der Waals surface area contributed by atoms with Gasteiger partial charge in [0, 0.05) is 0 Å². The zero-order valence-corrected chi connectivity index (χ0v) is 18.4. The monoisotopic (exact) mass is 387 g/mol. The molecule has 0 N–H and O–H groups in total. The molecule has 1 heteroatoms. The van der Waals surface area contributed by atoms with Crippen molar-refractivity contribution >= 4 is 0 Å². The Morgan fingerprint density at radius 3 is 1.97 bits per heavy atom. The Bertz CT molecular complexity index is 771. The number of rotatable bonds is 9. The highest BCUT2D eigenvalue weighted by Crippen LogP contribution is 2.45. The molecule has 0 aliphatic heterocycles. The first kappa shape index (κ1) is 21.6. The summed E-state index contributed by atoms with van der Waals surface area (Å²) in [5.74, 6) is 0.619. The maximum Gasteiger partial charge on any atom is 0.0689 e. The van der Waals surface area contributed by atoms with E-state index in [4.69, 9.17) is 0 Å². The van der Waals surface area contributed by atoms with Gasteiger partial charge in [0.25, 0.3) is 0 Å². The van der Waals surface area contributed by atoms with Gasteiger partial charge in [-0.1, -0.05) is 88.1 Å². The smallest absolute Gasteiger partial charge is 0.0689 e. The second-order valence-electron chi connectivity index (χ2n) is 9.05. The van der Waals surface area contributed by atoms with Gasteiger partial charge in [-0.05, 0) is 73.1 Å². The fraction of sp³-hybridized carbons (Fsp3) is 0.536. The summed E-state index contributed by atoms with van der Waals surface area (Å²) in [6, 6.07) is 21.0. The van der Waals surface area contributed by atoms with Crippen molar-refractivity contribution in [1.29, 1.82) is 5.26 Å². The Morgan fingerprint density at radius 2 is 1.41 bits per heavy atom. The summed E-state index contributed by atoms with van der Waals surface area (Å²) in [6.07, 6.45) is 13.0. The van der Waals surface area contributed by atoms with E-state index in [0.29, 0.717) is 5.92 Å². The molecule has 0 amide bonds. The highest BCUT2D eigenvalue weighted by atomic mass is 14.4. The van der Waals surface area contributed by atoms with Crippen molar-refractivity contribution in [3.8, 4) is 17.2 Å². The Morgan fingerprint density at radius 1 is 0.828 bits per heavy atom. The van der Waals surface area contributed by atoms with Gasteiger partial charge in [0.1, 0.15) is 0 Å². The van der Waals surface area contributed by atoms with Crippen molar-refractivity contribution in [1.82, 2.24) is 0 Å². The van der Waals surface area contributed by atoms with E-state index in [1.54, 1.807) is 0 Å². The molecule has 0 unspecified atom stereocenters. The number of hydrogen-bond donors (Lipinski definition) is 0. The van der Waals surface area contributed by atoms with Gasteiger partial charge in [0.05, 0.1) is 11.5 Å². The predicted molar refractivity (Wildman–Crippen MR) is 124 cm³/mol. The summed E-state index contributed by atoms with van der Waals surface area (Å²) in [5.41, 5.74) is 5.46. The lowest BCUT2D eigenvalue weighted by Crippen LogP contribution is -2.25. The fourth-order valence-corrected chi connectivity index (χ4v) is 4.83. The average Bonchev–Trinajstić information content (AvgIpc) is 2.79. The first-order valence-corrected chi connectivity index (χ1v) is 11.8. The molecule has 2 aromatic rings. The molecule has 1 saturated carbocycles. The van der Waals surface area contributed by atoms with Gasteiger partial charge in [0.2, 0.25) is 0 Å². The quantitative estimate of drug-likeness (QED) is 0.396. The summed E-state index contributed by atoms with van der Waals surface area (Å²) in [5, 5.41) is 9.72. The Balaban J connectivity index is 1.59. The largest absolute Gasteiger partial charge is 0.198 e. The van der Waals surface area contributed by atoms with Crippen LogP contribution in [0.4, 0.5) is 0 Å². The molecule has 1 nitrogen and oxygen atoms in total. The first-order chi connectivity index (χ1) is 14.2. The molecule has 1 aliphatic rings. The SMILES string of the molecule is CCCCCc1ccc(-c2ccc(C3CCC(C#N)(CCCC)CC3)cc2)cc1. The third-order valence-electron chi connectivity index (χ3n) is 6.93. The molecule has 0 spiro atoms. The van der Waals surface area contributed by atoms with Crippen LogP contribution in [0.2, 0.25) is 0 Å². The number of unbranched alkanes of at least 4 members (excludes halogenated alkanes) is 3. The normalized spacial score (nSPS) is 21.6. The molecule has 0 aromatic heterocycles. The van der Waals surface area contributed by atoms with E-state index in [1.165, 1.54) is 60.8 Å². The van der Waals surface area contributed by atoms with Crippen molar-refractivity contribution in [2.24, 2.45) is 5.41 Å². The maximum absolute atomic E-state index is 9.72. The zero-order chi connectivity index (χ0) is 20.5. The number of hydrogen-bond acceptors (Lipinski definition) is 1. The number of nitrogens with zero attached hydrogens (tertiary/aromatic N) is 1. The first-order valence-electron chi connectivity index (χ1n) is 11.8. The molecule has 0 radical (unpaired) electrons. The molecule has 0 heterocycles. The molecule has 1 fully saturated rings. The van der Waals surface area contributed by atoms with Gasteiger partial charge in [-0.3, -0.25) is 0 Å². The second-order valence-corrected chi connectivity index (χ2v) is 9.05. The minimum atomic E-state index is -0.0503. The minimum absolute atomic E-state index is 0.0503. The van der Waals surface area contributed by atoms with Crippen LogP contribution in [-0.4, -0.2) is 0 Å². The predicted octanol–water partition coefficient (Wildman–Crippen LogP) is 8.44. The maximum atomic E-state index is 9.72. The topological polar surface area (TPSA) is 23.8 Å². The van der Waals surface area contributed by atoms with Gasteiger partial charge < -0.3 is 0 Å². The minimum Gasteiger partial charge on any atom is -0.198 e. The molecule has 3 rings (SSSR count). The zero-order valence-electron chi connectivity index (χ0n) is 18.4. The molecular formula is C28H37N. The van der Waals surface area contributed by atoms with E-state index in [9.17, 15) is 5.26 Å². The van der Waals surface area contributed by atoms with Crippen molar-refractivity contribution in [3.63, 3.8) is 0 Å². The van der Waals surface area contributed by atoms with Crippen molar-refractivity contribution in [2.75, 3.05) is 0 Å². The van der Waals surface area contributed by atoms with Crippen LogP contribution in [-0.2, 0) is 6.42 Å². The van der Waals surface area contributed by atoms with E-state index < -0.39 is 0 Å². The van der Waals surface area contributed by atoms with Crippen molar-refractivity contribution in [3.05, 3.63) is 59.7 Å². The van der Waals surface area contributed by atoms with Crippen LogP contribution < -0.4 is 0 Å². The molecule has 29 heavy (non-hydrogen) atoms. The number of nitriles is 1. The van der Waals surface area contributed by atoms with E-state index >= 15 is 0 Å². The lowest BCUT2D eigenvalue weighted by Gasteiger charge is -2.35. The van der Waals surface area contributed by atoms with E-state index in [1.807, 2.05) is 0 Å². The van der Waals surface area contributed by atoms with E-state index in [0.717, 1.165) is 32.1 Å². The molecular weight excluding hydrogens is 350 g/mol. The van der Waals surface area contributed by atoms with Crippen LogP contribution in [0.5, 0.6) is 0 Å². The highest BCUT2D eigenvalue weighted by molar-refractivity contribution is 5.64. The van der Waals surface area contributed by atoms with E-state index in [-0.39, 0.29) is 5.41 Å². The summed E-state index contributed by atoms with van der Waals surface area (Å²) in [4.78, 5) is 0. The molecule has 154 valence electrons. The third-order valence-corrected chi connectivity index (χ3v) is 6.93. The average molecular weight is 388 g/mol.